The molecular formula is C21H28N6O. The second kappa shape index (κ2) is 8.29. The first-order valence-electron chi connectivity index (χ1n) is 9.53. The first-order chi connectivity index (χ1) is 13.5. The molecule has 0 aliphatic carbocycles. The zero-order valence-corrected chi connectivity index (χ0v) is 16.9. The van der Waals surface area contributed by atoms with Gasteiger partial charge in [0.15, 0.2) is 0 Å². The van der Waals surface area contributed by atoms with Crippen LogP contribution in [0.4, 0.5) is 5.69 Å². The Bertz CT molecular complexity index is 964. The van der Waals surface area contributed by atoms with Crippen LogP contribution in [0.5, 0.6) is 0 Å². The Morgan fingerprint density at radius 3 is 2.93 bits per heavy atom. The maximum atomic E-state index is 12.0. The predicted molar refractivity (Wildman–Crippen MR) is 114 cm³/mol. The van der Waals surface area contributed by atoms with E-state index < -0.39 is 0 Å². The van der Waals surface area contributed by atoms with E-state index in [1.807, 2.05) is 45.2 Å². The summed E-state index contributed by atoms with van der Waals surface area (Å²) in [5, 5.41) is 3.76. The summed E-state index contributed by atoms with van der Waals surface area (Å²) in [5.41, 5.74) is 10.6. The van der Waals surface area contributed by atoms with Crippen LogP contribution in [-0.4, -0.2) is 41.7 Å². The molecule has 1 saturated heterocycles. The molecule has 0 spiro atoms. The highest BCUT2D eigenvalue weighted by Gasteiger charge is 2.29. The topological polar surface area (TPSA) is 99.4 Å². The fourth-order valence-corrected chi connectivity index (χ4v) is 3.49. The fourth-order valence-electron chi connectivity index (χ4n) is 3.49. The van der Waals surface area contributed by atoms with Crippen LogP contribution in [0.25, 0.3) is 11.0 Å². The summed E-state index contributed by atoms with van der Waals surface area (Å²) in [7, 11) is 1.69. The minimum Gasteiger partial charge on any atom is -0.384 e. The standard InChI is InChI=1S/C21H28N6O/c1-5-6-16(26-19(22)13(2)3)15-11-25-20-18(15)17(7-9-24-20)27-10-8-14(12-27)21(28)23-4/h5-7,9,11,14H,8,10,12,22H2,1-4H3,(H,23,28)(H,24,25)/b6-5-,26-16+. The quantitative estimate of drug-likeness (QED) is 0.695. The third-order valence-corrected chi connectivity index (χ3v) is 5.05. The van der Waals surface area contributed by atoms with Gasteiger partial charge in [0.25, 0.3) is 0 Å². The van der Waals surface area contributed by atoms with Crippen LogP contribution < -0.4 is 16.0 Å². The van der Waals surface area contributed by atoms with Crippen molar-refractivity contribution in [1.29, 1.82) is 0 Å². The minimum atomic E-state index is 0.000557. The van der Waals surface area contributed by atoms with Gasteiger partial charge in [-0.3, -0.25) is 4.79 Å². The molecule has 0 bridgehead atoms. The molecule has 1 unspecified atom stereocenters. The second-order valence-electron chi connectivity index (χ2n) is 7.18. The number of hydrogen-bond donors (Lipinski definition) is 3. The number of nitrogens with two attached hydrogens (primary N) is 1. The number of nitrogens with zero attached hydrogens (tertiary/aromatic N) is 3. The van der Waals surface area contributed by atoms with Gasteiger partial charge in [0.1, 0.15) is 11.5 Å². The summed E-state index contributed by atoms with van der Waals surface area (Å²) in [5.74, 6) is 0.601. The number of allylic oxidation sites excluding steroid dienone is 3. The highest BCUT2D eigenvalue weighted by molar-refractivity contribution is 6.18. The van der Waals surface area contributed by atoms with Gasteiger partial charge in [0.05, 0.1) is 22.7 Å². The SMILES string of the molecule is C/C=C\C(=N/C(N)=C(C)C)c1c[nH]c2nccc(N3CCC(C(=O)NC)C3)c12. The first kappa shape index (κ1) is 19.7. The molecule has 28 heavy (non-hydrogen) atoms. The Hall–Kier alpha value is -3.09. The fraction of sp³-hybridized carbons (Fsp3) is 0.381. The number of hydrogen-bond acceptors (Lipinski definition) is 5. The van der Waals surface area contributed by atoms with E-state index in [0.29, 0.717) is 12.4 Å². The summed E-state index contributed by atoms with van der Waals surface area (Å²) in [6.07, 6.45) is 8.45. The molecule has 1 fully saturated rings. The van der Waals surface area contributed by atoms with E-state index in [1.54, 1.807) is 13.2 Å². The van der Waals surface area contributed by atoms with Gasteiger partial charge in [0, 0.05) is 38.1 Å². The third-order valence-electron chi connectivity index (χ3n) is 5.05. The number of aromatic amines is 1. The number of H-pyrrole nitrogens is 1. The van der Waals surface area contributed by atoms with Gasteiger partial charge in [-0.15, -0.1) is 0 Å². The Morgan fingerprint density at radius 2 is 2.25 bits per heavy atom. The van der Waals surface area contributed by atoms with E-state index in [9.17, 15) is 4.79 Å². The molecule has 3 rings (SSSR count). The summed E-state index contributed by atoms with van der Waals surface area (Å²) < 4.78 is 0. The molecule has 148 valence electrons. The molecule has 7 heteroatoms. The van der Waals surface area contributed by atoms with Crippen LogP contribution in [0.3, 0.4) is 0 Å². The van der Waals surface area contributed by atoms with E-state index in [4.69, 9.17) is 5.73 Å². The number of carbonyl (C=O) groups excluding carboxylic acids is 1. The van der Waals surface area contributed by atoms with Gasteiger partial charge in [-0.25, -0.2) is 9.98 Å². The smallest absolute Gasteiger partial charge is 0.224 e. The summed E-state index contributed by atoms with van der Waals surface area (Å²) in [4.78, 5) is 26.7. The van der Waals surface area contributed by atoms with Crippen LogP contribution in [0.1, 0.15) is 32.8 Å². The summed E-state index contributed by atoms with van der Waals surface area (Å²) in [6.45, 7) is 7.36. The molecule has 1 atom stereocenters. The van der Waals surface area contributed by atoms with Crippen molar-refractivity contribution in [2.75, 3.05) is 25.0 Å². The van der Waals surface area contributed by atoms with Crippen molar-refractivity contribution in [3.63, 3.8) is 0 Å². The van der Waals surface area contributed by atoms with Crippen molar-refractivity contribution in [3.05, 3.63) is 47.6 Å². The van der Waals surface area contributed by atoms with Gasteiger partial charge in [-0.1, -0.05) is 6.08 Å². The number of amides is 1. The number of rotatable bonds is 5. The summed E-state index contributed by atoms with van der Waals surface area (Å²) >= 11 is 0. The van der Waals surface area contributed by atoms with Gasteiger partial charge in [0.2, 0.25) is 5.91 Å². The molecule has 0 saturated carbocycles. The van der Waals surface area contributed by atoms with Crippen LogP contribution in [-0.2, 0) is 4.79 Å². The van der Waals surface area contributed by atoms with Crippen molar-refractivity contribution in [2.24, 2.45) is 16.6 Å². The van der Waals surface area contributed by atoms with Gasteiger partial charge in [-0.2, -0.15) is 0 Å². The van der Waals surface area contributed by atoms with Crippen LogP contribution in [0, 0.1) is 5.92 Å². The van der Waals surface area contributed by atoms with Crippen LogP contribution >= 0.6 is 0 Å². The average Bonchev–Trinajstić information content (AvgIpc) is 3.34. The first-order valence-corrected chi connectivity index (χ1v) is 9.53. The van der Waals surface area contributed by atoms with Gasteiger partial charge in [-0.05, 0) is 44.9 Å². The Labute approximate surface area is 165 Å². The molecule has 0 aromatic carbocycles. The molecule has 4 N–H and O–H groups in total. The van der Waals surface area contributed by atoms with Crippen molar-refractivity contribution in [2.45, 2.75) is 27.2 Å². The molecule has 7 nitrogen and oxygen atoms in total. The summed E-state index contributed by atoms with van der Waals surface area (Å²) in [6, 6.07) is 2.00. The van der Waals surface area contributed by atoms with E-state index >= 15 is 0 Å². The predicted octanol–water partition coefficient (Wildman–Crippen LogP) is 2.71. The molecule has 0 radical (unpaired) electrons. The van der Waals surface area contributed by atoms with Crippen molar-refractivity contribution < 1.29 is 4.79 Å². The normalized spacial score (nSPS) is 17.5. The van der Waals surface area contributed by atoms with Crippen molar-refractivity contribution in [1.82, 2.24) is 15.3 Å². The zero-order valence-electron chi connectivity index (χ0n) is 16.9. The highest BCUT2D eigenvalue weighted by Crippen LogP contribution is 2.33. The highest BCUT2D eigenvalue weighted by atomic mass is 16.1. The maximum Gasteiger partial charge on any atom is 0.224 e. The molecular weight excluding hydrogens is 352 g/mol. The number of anilines is 1. The largest absolute Gasteiger partial charge is 0.384 e. The molecule has 2 aromatic heterocycles. The lowest BCUT2D eigenvalue weighted by atomic mass is 10.1. The van der Waals surface area contributed by atoms with E-state index in [1.165, 1.54) is 0 Å². The Kier molecular flexibility index (Phi) is 5.82. The second-order valence-corrected chi connectivity index (χ2v) is 7.18. The van der Waals surface area contributed by atoms with Crippen LogP contribution in [0.15, 0.2) is 47.0 Å². The van der Waals surface area contributed by atoms with E-state index in [0.717, 1.165) is 46.5 Å². The minimum absolute atomic E-state index is 0.000557. The number of carbonyl (C=O) groups is 1. The van der Waals surface area contributed by atoms with Crippen molar-refractivity contribution in [3.8, 4) is 0 Å². The molecule has 1 amide bonds. The monoisotopic (exact) mass is 380 g/mol. The number of nitrogens with one attached hydrogen (secondary N) is 2. The lowest BCUT2D eigenvalue weighted by molar-refractivity contribution is -0.123. The molecule has 2 aromatic rings. The third kappa shape index (κ3) is 3.78. The zero-order chi connectivity index (χ0) is 20.3. The van der Waals surface area contributed by atoms with Crippen LogP contribution in [0.2, 0.25) is 0 Å². The average molecular weight is 380 g/mol. The number of pyridine rings is 1. The van der Waals surface area contributed by atoms with Crippen molar-refractivity contribution >= 4 is 28.3 Å². The molecule has 3 heterocycles. The molecule has 1 aliphatic heterocycles. The Morgan fingerprint density at radius 1 is 1.46 bits per heavy atom. The van der Waals surface area contributed by atoms with Gasteiger partial charge < -0.3 is 20.9 Å². The number of aliphatic imine (C=N–C) groups is 1. The Balaban J connectivity index is 2.09. The lowest BCUT2D eigenvalue weighted by Gasteiger charge is -2.20. The number of fused-ring (bicyclic) bond motifs is 1. The number of aromatic nitrogens is 2. The molecule has 1 aliphatic rings. The van der Waals surface area contributed by atoms with E-state index in [-0.39, 0.29) is 11.8 Å². The lowest BCUT2D eigenvalue weighted by Crippen LogP contribution is -2.30. The van der Waals surface area contributed by atoms with Gasteiger partial charge >= 0.3 is 0 Å². The maximum absolute atomic E-state index is 12.0. The van der Waals surface area contributed by atoms with E-state index in [2.05, 4.69) is 25.2 Å².